The number of ketones is 1. The van der Waals surface area contributed by atoms with Gasteiger partial charge in [0.25, 0.3) is 0 Å². The van der Waals surface area contributed by atoms with Crippen LogP contribution in [0.4, 0.5) is 0 Å². The summed E-state index contributed by atoms with van der Waals surface area (Å²) in [4.78, 5) is 12.5. The van der Waals surface area contributed by atoms with Gasteiger partial charge in [0, 0.05) is 18.0 Å². The predicted molar refractivity (Wildman–Crippen MR) is 76.6 cm³/mol. The molecule has 0 radical (unpaired) electrons. The molecule has 1 aliphatic carbocycles. The van der Waals surface area contributed by atoms with Gasteiger partial charge >= 0.3 is 0 Å². The number of hydrogen-bond acceptors (Lipinski definition) is 3. The Hall–Kier alpha value is -0.870. The highest BCUT2D eigenvalue weighted by Gasteiger charge is 2.32. The molecule has 2 rings (SSSR count). The molecule has 19 heavy (non-hydrogen) atoms. The lowest BCUT2D eigenvalue weighted by Crippen LogP contribution is -2.43. The van der Waals surface area contributed by atoms with Gasteiger partial charge in [0.15, 0.2) is 5.78 Å². The van der Waals surface area contributed by atoms with Gasteiger partial charge in [0.2, 0.25) is 0 Å². The lowest BCUT2D eigenvalue weighted by Gasteiger charge is -2.32. The molecule has 106 valence electrons. The Bertz CT molecular complexity index is 461. The van der Waals surface area contributed by atoms with Gasteiger partial charge in [-0.25, -0.2) is 0 Å². The molecule has 4 nitrogen and oxygen atoms in total. The van der Waals surface area contributed by atoms with E-state index in [9.17, 15) is 4.79 Å². The molecular weight excluding hydrogens is 262 g/mol. The Morgan fingerprint density at radius 1 is 1.47 bits per heavy atom. The van der Waals surface area contributed by atoms with E-state index in [1.54, 1.807) is 10.9 Å². The maximum Gasteiger partial charge on any atom is 0.184 e. The fourth-order valence-corrected chi connectivity index (χ4v) is 3.07. The molecular formula is C14H22ClN3O. The van der Waals surface area contributed by atoms with Crippen LogP contribution < -0.4 is 5.73 Å². The van der Waals surface area contributed by atoms with Gasteiger partial charge in [-0.2, -0.15) is 5.10 Å². The minimum absolute atomic E-state index is 0.0144. The molecule has 1 aliphatic rings. The molecule has 0 aromatic carbocycles. The number of aromatic nitrogens is 2. The van der Waals surface area contributed by atoms with Crippen LogP contribution in [-0.4, -0.2) is 21.1 Å². The zero-order valence-corrected chi connectivity index (χ0v) is 12.4. The van der Waals surface area contributed by atoms with Gasteiger partial charge < -0.3 is 5.73 Å². The normalized spacial score (nSPS) is 18.8. The minimum Gasteiger partial charge on any atom is -0.325 e. The Morgan fingerprint density at radius 2 is 2.11 bits per heavy atom. The molecule has 1 fully saturated rings. The van der Waals surface area contributed by atoms with Gasteiger partial charge in [-0.3, -0.25) is 9.48 Å². The first-order valence-electron chi connectivity index (χ1n) is 6.98. The summed E-state index contributed by atoms with van der Waals surface area (Å²) in [5.41, 5.74) is 6.50. The summed E-state index contributed by atoms with van der Waals surface area (Å²) < 4.78 is 1.69. The number of nitrogens with zero attached hydrogens (tertiary/aromatic N) is 2. The van der Waals surface area contributed by atoms with Crippen LogP contribution >= 0.6 is 11.6 Å². The Morgan fingerprint density at radius 3 is 2.68 bits per heavy atom. The third kappa shape index (κ3) is 3.18. The van der Waals surface area contributed by atoms with E-state index < -0.39 is 0 Å². The second kappa shape index (κ2) is 5.63. The maximum atomic E-state index is 12.5. The van der Waals surface area contributed by atoms with Gasteiger partial charge in [-0.1, -0.05) is 30.9 Å². The van der Waals surface area contributed by atoms with E-state index >= 15 is 0 Å². The summed E-state index contributed by atoms with van der Waals surface area (Å²) in [6.07, 6.45) is 7.20. The first kappa shape index (κ1) is 14.5. The van der Waals surface area contributed by atoms with Crippen LogP contribution in [0.5, 0.6) is 0 Å². The molecule has 0 saturated heterocycles. The number of nitrogens with two attached hydrogens (primary N) is 1. The quantitative estimate of drug-likeness (QED) is 0.862. The first-order valence-corrected chi connectivity index (χ1v) is 7.36. The molecule has 0 amide bonds. The van der Waals surface area contributed by atoms with Crippen molar-refractivity contribution in [1.82, 2.24) is 9.78 Å². The molecule has 1 aromatic rings. The predicted octanol–water partition coefficient (Wildman–Crippen LogP) is 3.35. The van der Waals surface area contributed by atoms with E-state index in [1.807, 2.05) is 13.8 Å². The summed E-state index contributed by atoms with van der Waals surface area (Å²) in [5, 5.41) is 4.60. The average Bonchev–Trinajstić information content (AvgIpc) is 2.71. The summed E-state index contributed by atoms with van der Waals surface area (Å²) >= 11 is 6.10. The number of Topliss-reactive ketones (excluding diaryl/α,β-unsaturated/α-hetero) is 1. The summed E-state index contributed by atoms with van der Waals surface area (Å²) in [5.74, 6) is 0.0144. The zero-order valence-electron chi connectivity index (χ0n) is 11.7. The van der Waals surface area contributed by atoms with Crippen molar-refractivity contribution in [2.24, 2.45) is 5.73 Å². The molecule has 1 saturated carbocycles. The SMILES string of the molecule is CC(C)n1ncc(Cl)c1C(=O)CC1(N)CCCCC1. The molecule has 1 heterocycles. The van der Waals surface area contributed by atoms with Gasteiger partial charge in [-0.15, -0.1) is 0 Å². The van der Waals surface area contributed by atoms with Crippen LogP contribution in [0, 0.1) is 0 Å². The van der Waals surface area contributed by atoms with Crippen LogP contribution in [0.2, 0.25) is 5.02 Å². The van der Waals surface area contributed by atoms with E-state index in [2.05, 4.69) is 5.10 Å². The first-order chi connectivity index (χ1) is 8.93. The summed E-state index contributed by atoms with van der Waals surface area (Å²) in [7, 11) is 0. The van der Waals surface area contributed by atoms with Crippen LogP contribution in [0.25, 0.3) is 0 Å². The van der Waals surface area contributed by atoms with E-state index in [-0.39, 0.29) is 17.4 Å². The molecule has 0 spiro atoms. The van der Waals surface area contributed by atoms with E-state index in [0.717, 1.165) is 25.7 Å². The fourth-order valence-electron chi connectivity index (χ4n) is 2.83. The molecule has 0 atom stereocenters. The highest BCUT2D eigenvalue weighted by Crippen LogP contribution is 2.31. The van der Waals surface area contributed by atoms with Crippen LogP contribution in [0.3, 0.4) is 0 Å². The average molecular weight is 284 g/mol. The van der Waals surface area contributed by atoms with Crippen LogP contribution in [0.15, 0.2) is 6.20 Å². The molecule has 5 heteroatoms. The second-order valence-corrected chi connectivity index (χ2v) is 6.31. The molecule has 0 aliphatic heterocycles. The van der Waals surface area contributed by atoms with E-state index in [4.69, 9.17) is 17.3 Å². The Kier molecular flexibility index (Phi) is 4.31. The third-order valence-electron chi connectivity index (χ3n) is 3.87. The Balaban J connectivity index is 2.18. The summed E-state index contributed by atoms with van der Waals surface area (Å²) in [6.45, 7) is 3.97. The van der Waals surface area contributed by atoms with Crippen molar-refractivity contribution in [3.05, 3.63) is 16.9 Å². The zero-order chi connectivity index (χ0) is 14.0. The number of hydrogen-bond donors (Lipinski definition) is 1. The summed E-state index contributed by atoms with van der Waals surface area (Å²) in [6, 6.07) is 0.117. The number of rotatable bonds is 4. The van der Waals surface area contributed by atoms with Crippen molar-refractivity contribution in [2.75, 3.05) is 0 Å². The van der Waals surface area contributed by atoms with Crippen molar-refractivity contribution in [3.63, 3.8) is 0 Å². The second-order valence-electron chi connectivity index (χ2n) is 5.90. The topological polar surface area (TPSA) is 60.9 Å². The standard InChI is InChI=1S/C14H22ClN3O/c1-10(2)18-13(11(15)9-17-18)12(19)8-14(16)6-4-3-5-7-14/h9-10H,3-8,16H2,1-2H3. The fraction of sp³-hybridized carbons (Fsp3) is 0.714. The van der Waals surface area contributed by atoms with E-state index in [0.29, 0.717) is 17.1 Å². The largest absolute Gasteiger partial charge is 0.325 e. The van der Waals surface area contributed by atoms with Crippen molar-refractivity contribution in [2.45, 2.75) is 64.0 Å². The Labute approximate surface area is 119 Å². The van der Waals surface area contributed by atoms with Gasteiger partial charge in [0.05, 0.1) is 11.2 Å². The third-order valence-corrected chi connectivity index (χ3v) is 4.14. The number of carbonyl (C=O) groups excluding carboxylic acids is 1. The highest BCUT2D eigenvalue weighted by atomic mass is 35.5. The number of halogens is 1. The van der Waals surface area contributed by atoms with Crippen LogP contribution in [0.1, 0.15) is 68.9 Å². The van der Waals surface area contributed by atoms with Crippen LogP contribution in [-0.2, 0) is 0 Å². The lowest BCUT2D eigenvalue weighted by atomic mass is 9.79. The van der Waals surface area contributed by atoms with E-state index in [1.165, 1.54) is 6.42 Å². The minimum atomic E-state index is -0.356. The number of carbonyl (C=O) groups is 1. The smallest absolute Gasteiger partial charge is 0.184 e. The van der Waals surface area contributed by atoms with Crippen molar-refractivity contribution < 1.29 is 4.79 Å². The lowest BCUT2D eigenvalue weighted by molar-refractivity contribution is 0.0922. The highest BCUT2D eigenvalue weighted by molar-refractivity contribution is 6.33. The van der Waals surface area contributed by atoms with Crippen molar-refractivity contribution in [3.8, 4) is 0 Å². The maximum absolute atomic E-state index is 12.5. The van der Waals surface area contributed by atoms with Crippen molar-refractivity contribution >= 4 is 17.4 Å². The monoisotopic (exact) mass is 283 g/mol. The van der Waals surface area contributed by atoms with Crippen molar-refractivity contribution in [1.29, 1.82) is 0 Å². The van der Waals surface area contributed by atoms with Gasteiger partial charge in [0.1, 0.15) is 5.69 Å². The molecule has 0 unspecified atom stereocenters. The molecule has 0 bridgehead atoms. The molecule has 1 aromatic heterocycles. The molecule has 2 N–H and O–H groups in total. The van der Waals surface area contributed by atoms with Gasteiger partial charge in [-0.05, 0) is 26.7 Å².